The highest BCUT2D eigenvalue weighted by atomic mass is 35.5. The SMILES string of the molecule is CN1c2c(C(=O)Nc3ccc(NS(C)(=O)=O)cc3)nn(-c3ccc(Cl)c(C(F)(F)F)c3)c2-c2ccccc2S1(=O)=O. The minimum atomic E-state index is -4.79. The molecule has 0 atom stereocenters. The average Bonchev–Trinajstić information content (AvgIpc) is 3.28. The lowest BCUT2D eigenvalue weighted by atomic mass is 10.1. The third kappa shape index (κ3) is 5.23. The fraction of sp³-hybridized carbons (Fsp3) is 0.120. The third-order valence-corrected chi connectivity index (χ3v) is 8.87. The molecule has 3 aromatic carbocycles. The molecular formula is C25H19ClF3N5O5S2. The van der Waals surface area contributed by atoms with Gasteiger partial charge >= 0.3 is 6.18 Å². The van der Waals surface area contributed by atoms with Gasteiger partial charge in [0.15, 0.2) is 5.69 Å². The fourth-order valence-electron chi connectivity index (χ4n) is 4.33. The van der Waals surface area contributed by atoms with Gasteiger partial charge in [0.1, 0.15) is 11.4 Å². The van der Waals surface area contributed by atoms with Crippen molar-refractivity contribution in [1.29, 1.82) is 0 Å². The van der Waals surface area contributed by atoms with Crippen molar-refractivity contribution in [3.05, 3.63) is 83.0 Å². The monoisotopic (exact) mass is 625 g/mol. The smallest absolute Gasteiger partial charge is 0.321 e. The van der Waals surface area contributed by atoms with Crippen LogP contribution in [0.5, 0.6) is 0 Å². The van der Waals surface area contributed by atoms with Crippen LogP contribution in [0.3, 0.4) is 0 Å². The molecule has 2 N–H and O–H groups in total. The van der Waals surface area contributed by atoms with Crippen LogP contribution in [0.15, 0.2) is 71.6 Å². The molecule has 0 saturated carbocycles. The van der Waals surface area contributed by atoms with E-state index in [-0.39, 0.29) is 44.6 Å². The van der Waals surface area contributed by atoms with Gasteiger partial charge < -0.3 is 5.32 Å². The molecule has 0 unspecified atom stereocenters. The summed E-state index contributed by atoms with van der Waals surface area (Å²) in [5, 5.41) is 6.31. The highest BCUT2D eigenvalue weighted by molar-refractivity contribution is 7.93. The molecule has 2 heterocycles. The van der Waals surface area contributed by atoms with Gasteiger partial charge in [-0.2, -0.15) is 18.3 Å². The fourth-order valence-corrected chi connectivity index (χ4v) is 6.52. The van der Waals surface area contributed by atoms with E-state index in [1.807, 2.05) is 0 Å². The molecule has 5 rings (SSSR count). The molecule has 0 bridgehead atoms. The van der Waals surface area contributed by atoms with Crippen LogP contribution in [0.1, 0.15) is 16.1 Å². The van der Waals surface area contributed by atoms with E-state index in [9.17, 15) is 34.8 Å². The molecule has 0 radical (unpaired) electrons. The largest absolute Gasteiger partial charge is 0.417 e. The van der Waals surface area contributed by atoms with Crippen molar-refractivity contribution < 1.29 is 34.8 Å². The number of fused-ring (bicyclic) bond motifs is 3. The van der Waals surface area contributed by atoms with E-state index < -0.39 is 42.7 Å². The quantitative estimate of drug-likeness (QED) is 0.322. The zero-order valence-corrected chi connectivity index (χ0v) is 23.5. The van der Waals surface area contributed by atoms with E-state index in [4.69, 9.17) is 11.6 Å². The maximum Gasteiger partial charge on any atom is 0.417 e. The van der Waals surface area contributed by atoms with Gasteiger partial charge in [-0.1, -0.05) is 29.8 Å². The van der Waals surface area contributed by atoms with E-state index in [0.29, 0.717) is 0 Å². The summed E-state index contributed by atoms with van der Waals surface area (Å²) in [6.07, 6.45) is -3.82. The van der Waals surface area contributed by atoms with Crippen LogP contribution in [0.4, 0.5) is 30.2 Å². The van der Waals surface area contributed by atoms with Crippen LogP contribution in [0.2, 0.25) is 5.02 Å². The minimum Gasteiger partial charge on any atom is -0.321 e. The summed E-state index contributed by atoms with van der Waals surface area (Å²) in [7, 11) is -6.49. The van der Waals surface area contributed by atoms with Gasteiger partial charge in [-0.15, -0.1) is 0 Å². The van der Waals surface area contributed by atoms with Gasteiger partial charge in [0.2, 0.25) is 10.0 Å². The summed E-state index contributed by atoms with van der Waals surface area (Å²) in [6.45, 7) is 0. The normalized spacial score (nSPS) is 14.2. The van der Waals surface area contributed by atoms with Gasteiger partial charge in [-0.05, 0) is 48.5 Å². The summed E-state index contributed by atoms with van der Waals surface area (Å²) < 4.78 is 94.9. The third-order valence-electron chi connectivity index (χ3n) is 6.12. The second-order valence-corrected chi connectivity index (χ2v) is 13.1. The Balaban J connectivity index is 1.67. The van der Waals surface area contributed by atoms with Crippen molar-refractivity contribution in [2.75, 3.05) is 27.6 Å². The van der Waals surface area contributed by atoms with Crippen molar-refractivity contribution in [3.63, 3.8) is 0 Å². The van der Waals surface area contributed by atoms with Gasteiger partial charge in [0, 0.05) is 24.0 Å². The number of sulfonamides is 2. The van der Waals surface area contributed by atoms with E-state index in [1.54, 1.807) is 6.07 Å². The number of anilines is 3. The molecule has 16 heteroatoms. The van der Waals surface area contributed by atoms with Crippen LogP contribution in [-0.2, 0) is 26.2 Å². The summed E-state index contributed by atoms with van der Waals surface area (Å²) in [5.41, 5.74) is -1.14. The molecule has 0 fully saturated rings. The lowest BCUT2D eigenvalue weighted by Crippen LogP contribution is -2.32. The summed E-state index contributed by atoms with van der Waals surface area (Å²) in [4.78, 5) is 13.3. The van der Waals surface area contributed by atoms with Crippen LogP contribution < -0.4 is 14.3 Å². The second-order valence-electron chi connectivity index (χ2n) is 8.99. The number of nitrogens with zero attached hydrogens (tertiary/aromatic N) is 3. The Kier molecular flexibility index (Phi) is 6.79. The molecule has 0 saturated heterocycles. The summed E-state index contributed by atoms with van der Waals surface area (Å²) in [5.74, 6) is -0.865. The maximum atomic E-state index is 13.7. The number of nitrogens with one attached hydrogen (secondary N) is 2. The van der Waals surface area contributed by atoms with E-state index in [0.717, 1.165) is 27.4 Å². The number of amides is 1. The highest BCUT2D eigenvalue weighted by Crippen LogP contribution is 2.46. The maximum absolute atomic E-state index is 13.7. The van der Waals surface area contributed by atoms with Crippen LogP contribution in [0, 0.1) is 0 Å². The van der Waals surface area contributed by atoms with Crippen molar-refractivity contribution in [2.24, 2.45) is 0 Å². The molecule has 10 nitrogen and oxygen atoms in total. The number of carbonyl (C=O) groups is 1. The molecule has 0 spiro atoms. The molecule has 4 aromatic rings. The first-order chi connectivity index (χ1) is 19.1. The van der Waals surface area contributed by atoms with E-state index in [1.165, 1.54) is 55.6 Å². The Morgan fingerprint density at radius 1 is 1.00 bits per heavy atom. The van der Waals surface area contributed by atoms with E-state index in [2.05, 4.69) is 15.1 Å². The zero-order chi connectivity index (χ0) is 29.9. The van der Waals surface area contributed by atoms with Gasteiger partial charge in [0.25, 0.3) is 15.9 Å². The number of carbonyl (C=O) groups excluding carboxylic acids is 1. The highest BCUT2D eigenvalue weighted by Gasteiger charge is 2.40. The van der Waals surface area contributed by atoms with Crippen LogP contribution in [-0.4, -0.2) is 45.8 Å². The Morgan fingerprint density at radius 2 is 1.63 bits per heavy atom. The van der Waals surface area contributed by atoms with Crippen molar-refractivity contribution in [2.45, 2.75) is 11.1 Å². The number of aromatic nitrogens is 2. The topological polar surface area (TPSA) is 130 Å². The summed E-state index contributed by atoms with van der Waals surface area (Å²) >= 11 is 5.81. The second kappa shape index (κ2) is 9.78. The van der Waals surface area contributed by atoms with Crippen molar-refractivity contribution >= 4 is 54.6 Å². The lowest BCUT2D eigenvalue weighted by Gasteiger charge is -2.27. The first-order valence-corrected chi connectivity index (χ1v) is 15.3. The van der Waals surface area contributed by atoms with Crippen LogP contribution in [0.25, 0.3) is 16.9 Å². The van der Waals surface area contributed by atoms with Gasteiger partial charge in [-0.25, -0.2) is 21.5 Å². The van der Waals surface area contributed by atoms with Crippen molar-refractivity contribution in [1.82, 2.24) is 9.78 Å². The number of alkyl halides is 3. The number of hydrogen-bond donors (Lipinski definition) is 2. The molecule has 1 aliphatic rings. The Bertz CT molecular complexity index is 1930. The average molecular weight is 626 g/mol. The predicted molar refractivity (Wildman–Crippen MR) is 147 cm³/mol. The van der Waals surface area contributed by atoms with Gasteiger partial charge in [0.05, 0.1) is 27.4 Å². The summed E-state index contributed by atoms with van der Waals surface area (Å²) in [6, 6.07) is 14.5. The number of hydrogen-bond acceptors (Lipinski definition) is 6. The molecule has 0 aliphatic carbocycles. The molecule has 41 heavy (non-hydrogen) atoms. The predicted octanol–water partition coefficient (Wildman–Crippen LogP) is 4.97. The van der Waals surface area contributed by atoms with Crippen LogP contribution >= 0.6 is 11.6 Å². The lowest BCUT2D eigenvalue weighted by molar-refractivity contribution is -0.137. The molecule has 1 aromatic heterocycles. The first kappa shape index (κ1) is 28.4. The van der Waals surface area contributed by atoms with E-state index >= 15 is 0 Å². The zero-order valence-electron chi connectivity index (χ0n) is 21.1. The minimum absolute atomic E-state index is 0.0752. The Morgan fingerprint density at radius 3 is 2.27 bits per heavy atom. The first-order valence-electron chi connectivity index (χ1n) is 11.6. The van der Waals surface area contributed by atoms with Crippen molar-refractivity contribution in [3.8, 4) is 16.9 Å². The Labute approximate surface area is 237 Å². The molecule has 1 amide bonds. The molecular weight excluding hydrogens is 607 g/mol. The Hall–Kier alpha value is -4.08. The number of benzene rings is 3. The number of rotatable bonds is 5. The number of halogens is 4. The van der Waals surface area contributed by atoms with Gasteiger partial charge in [-0.3, -0.25) is 13.8 Å². The molecule has 1 aliphatic heterocycles. The molecule has 214 valence electrons. The standard InChI is InChI=1S/C25H19ClF3N5O5S2/c1-33-23-21(24(35)30-14-7-9-15(10-8-14)32-40(2,36)37)31-34(16-11-12-19(26)18(13-16)25(27,28)29)22(23)17-5-3-4-6-20(17)41(33,38)39/h3-13,32H,1-2H3,(H,30,35).